The lowest BCUT2D eigenvalue weighted by molar-refractivity contribution is -0.255. The lowest BCUT2D eigenvalue weighted by atomic mass is 9.89. The number of nitriles is 1. The normalized spacial score (nSPS) is 17.3. The molecule has 3 rings (SSSR count). The van der Waals surface area contributed by atoms with Crippen molar-refractivity contribution in [2.24, 2.45) is 0 Å². The molecule has 0 aromatic heterocycles. The first-order valence-corrected chi connectivity index (χ1v) is 5.98. The minimum absolute atomic E-state index is 0.446. The van der Waals surface area contributed by atoms with E-state index in [1.54, 1.807) is 6.07 Å². The van der Waals surface area contributed by atoms with Crippen molar-refractivity contribution in [2.75, 3.05) is 12.3 Å². The molecule has 0 radical (unpaired) electrons. The van der Waals surface area contributed by atoms with E-state index in [9.17, 15) is 5.26 Å². The van der Waals surface area contributed by atoms with Crippen LogP contribution in [-0.4, -0.2) is 6.61 Å². The second-order valence-corrected chi connectivity index (χ2v) is 4.38. The maximum Gasteiger partial charge on any atom is 0.168 e. The molecule has 0 atom stereocenters. The Hall–Kier alpha value is -2.51. The molecular weight excluding hydrogens is 240 g/mol. The third-order valence-electron chi connectivity index (χ3n) is 3.23. The van der Waals surface area contributed by atoms with E-state index < -0.39 is 0 Å². The van der Waals surface area contributed by atoms with Gasteiger partial charge in [0.1, 0.15) is 12.7 Å². The summed E-state index contributed by atoms with van der Waals surface area (Å²) in [7, 11) is 0. The molecule has 19 heavy (non-hydrogen) atoms. The molecule has 0 saturated heterocycles. The fourth-order valence-corrected chi connectivity index (χ4v) is 2.27. The molecule has 4 nitrogen and oxygen atoms in total. The summed E-state index contributed by atoms with van der Waals surface area (Å²) in [5.74, 6) is 0.734. The minimum Gasteiger partial charge on any atom is -0.398 e. The first-order chi connectivity index (χ1) is 9.29. The highest BCUT2D eigenvalue weighted by molar-refractivity contribution is 5.79. The number of allylic oxidation sites excluding steroid dienone is 4. The zero-order chi connectivity index (χ0) is 13.2. The number of hydrogen-bond acceptors (Lipinski definition) is 4. The Bertz CT molecular complexity index is 663. The highest BCUT2D eigenvalue weighted by Crippen LogP contribution is 2.35. The van der Waals surface area contributed by atoms with Gasteiger partial charge in [0.25, 0.3) is 0 Å². The Kier molecular flexibility index (Phi) is 2.82. The molecule has 94 valence electrons. The van der Waals surface area contributed by atoms with Crippen LogP contribution in [0.1, 0.15) is 17.5 Å². The van der Waals surface area contributed by atoms with Crippen molar-refractivity contribution in [1.29, 1.82) is 5.26 Å². The van der Waals surface area contributed by atoms with Gasteiger partial charge in [-0.3, -0.25) is 0 Å². The van der Waals surface area contributed by atoms with Gasteiger partial charge in [0.15, 0.2) is 5.76 Å². The third-order valence-corrected chi connectivity index (χ3v) is 3.23. The molecule has 1 aliphatic heterocycles. The van der Waals surface area contributed by atoms with Gasteiger partial charge in [-0.25, -0.2) is 0 Å². The van der Waals surface area contributed by atoms with E-state index in [0.717, 1.165) is 22.5 Å². The second kappa shape index (κ2) is 4.63. The minimum atomic E-state index is 0.446. The molecule has 0 unspecified atom stereocenters. The molecule has 0 fully saturated rings. The standard InChI is InChI=1S/C15H12N2O2/c16-9-13-12(2-1-3-14(13)17)10-4-5-15-11(8-10)6-7-18-19-15/h1-6H,7-8,17H2. The van der Waals surface area contributed by atoms with E-state index in [2.05, 4.69) is 6.07 Å². The second-order valence-electron chi connectivity index (χ2n) is 4.38. The summed E-state index contributed by atoms with van der Waals surface area (Å²) < 4.78 is 0. The summed E-state index contributed by atoms with van der Waals surface area (Å²) in [4.78, 5) is 10.0. The molecule has 1 aromatic rings. The third kappa shape index (κ3) is 2.01. The van der Waals surface area contributed by atoms with Gasteiger partial charge in [0.2, 0.25) is 0 Å². The van der Waals surface area contributed by atoms with Crippen molar-refractivity contribution in [1.82, 2.24) is 0 Å². The van der Waals surface area contributed by atoms with E-state index in [4.69, 9.17) is 15.5 Å². The molecule has 0 amide bonds. The molecule has 2 aliphatic rings. The lowest BCUT2D eigenvalue weighted by Crippen LogP contribution is -2.09. The first-order valence-electron chi connectivity index (χ1n) is 5.98. The van der Waals surface area contributed by atoms with Gasteiger partial charge in [-0.15, -0.1) is 0 Å². The Morgan fingerprint density at radius 1 is 1.21 bits per heavy atom. The van der Waals surface area contributed by atoms with Crippen molar-refractivity contribution >= 4 is 11.3 Å². The van der Waals surface area contributed by atoms with Crippen LogP contribution in [0.2, 0.25) is 0 Å². The summed E-state index contributed by atoms with van der Waals surface area (Å²) >= 11 is 0. The Morgan fingerprint density at radius 2 is 2.11 bits per heavy atom. The van der Waals surface area contributed by atoms with E-state index in [1.807, 2.05) is 30.4 Å². The fraction of sp³-hybridized carbons (Fsp3) is 0.133. The maximum atomic E-state index is 9.23. The topological polar surface area (TPSA) is 68.3 Å². The Labute approximate surface area is 111 Å². The van der Waals surface area contributed by atoms with Gasteiger partial charge < -0.3 is 10.6 Å². The summed E-state index contributed by atoms with van der Waals surface area (Å²) in [5, 5.41) is 9.23. The number of nitrogens with zero attached hydrogens (tertiary/aromatic N) is 1. The van der Waals surface area contributed by atoms with Crippen molar-refractivity contribution < 1.29 is 9.78 Å². The predicted octanol–water partition coefficient (Wildman–Crippen LogP) is 2.70. The fourth-order valence-electron chi connectivity index (χ4n) is 2.27. The van der Waals surface area contributed by atoms with E-state index in [-0.39, 0.29) is 0 Å². The van der Waals surface area contributed by atoms with E-state index in [0.29, 0.717) is 24.3 Å². The lowest BCUT2D eigenvalue weighted by Gasteiger charge is -2.21. The van der Waals surface area contributed by atoms with E-state index in [1.165, 1.54) is 0 Å². The van der Waals surface area contributed by atoms with Crippen LogP contribution in [0.3, 0.4) is 0 Å². The van der Waals surface area contributed by atoms with Gasteiger partial charge >= 0.3 is 0 Å². The summed E-state index contributed by atoms with van der Waals surface area (Å²) in [6.07, 6.45) is 6.50. The number of nitrogens with two attached hydrogens (primary N) is 1. The van der Waals surface area contributed by atoms with Gasteiger partial charge in [0.05, 0.1) is 11.3 Å². The van der Waals surface area contributed by atoms with Crippen LogP contribution in [0.5, 0.6) is 0 Å². The van der Waals surface area contributed by atoms with Crippen molar-refractivity contribution in [2.45, 2.75) is 6.42 Å². The predicted molar refractivity (Wildman–Crippen MR) is 71.4 cm³/mol. The Balaban J connectivity index is 2.06. The Morgan fingerprint density at radius 3 is 2.95 bits per heavy atom. The molecule has 2 N–H and O–H groups in total. The number of anilines is 1. The quantitative estimate of drug-likeness (QED) is 0.616. The molecular formula is C15H12N2O2. The first kappa shape index (κ1) is 11.6. The number of hydrogen-bond donors (Lipinski definition) is 1. The van der Waals surface area contributed by atoms with Crippen LogP contribution >= 0.6 is 0 Å². The van der Waals surface area contributed by atoms with Gasteiger partial charge in [-0.1, -0.05) is 18.2 Å². The summed E-state index contributed by atoms with van der Waals surface area (Å²) in [5.41, 5.74) is 9.90. The molecule has 0 spiro atoms. The van der Waals surface area contributed by atoms with Gasteiger partial charge in [0, 0.05) is 12.0 Å². The van der Waals surface area contributed by atoms with Crippen LogP contribution in [0.15, 0.2) is 47.8 Å². The molecule has 0 saturated carbocycles. The number of fused-ring (bicyclic) bond motifs is 1. The molecule has 0 bridgehead atoms. The number of benzene rings is 1. The number of rotatable bonds is 1. The monoisotopic (exact) mass is 252 g/mol. The van der Waals surface area contributed by atoms with Gasteiger partial charge in [-0.05, 0) is 29.4 Å². The molecule has 4 heteroatoms. The van der Waals surface area contributed by atoms with Crippen LogP contribution in [0.4, 0.5) is 5.69 Å². The largest absolute Gasteiger partial charge is 0.398 e. The van der Waals surface area contributed by atoms with Crippen LogP contribution < -0.4 is 5.73 Å². The maximum absolute atomic E-state index is 9.23. The van der Waals surface area contributed by atoms with Gasteiger partial charge in [-0.2, -0.15) is 10.1 Å². The molecule has 1 heterocycles. The highest BCUT2D eigenvalue weighted by atomic mass is 17.2. The van der Waals surface area contributed by atoms with Crippen molar-refractivity contribution in [3.05, 3.63) is 58.9 Å². The van der Waals surface area contributed by atoms with Crippen molar-refractivity contribution in [3.8, 4) is 6.07 Å². The molecule has 1 aliphatic carbocycles. The SMILES string of the molecule is N#Cc1c(N)cccc1C1=CC=C2OOCC=C2C1. The van der Waals surface area contributed by atoms with Crippen molar-refractivity contribution in [3.63, 3.8) is 0 Å². The van der Waals surface area contributed by atoms with Crippen LogP contribution in [-0.2, 0) is 9.78 Å². The zero-order valence-electron chi connectivity index (χ0n) is 10.2. The van der Waals surface area contributed by atoms with Crippen LogP contribution in [0, 0.1) is 11.3 Å². The van der Waals surface area contributed by atoms with Crippen LogP contribution in [0.25, 0.3) is 5.57 Å². The number of nitrogen functional groups attached to an aromatic ring is 1. The molecule has 1 aromatic carbocycles. The highest BCUT2D eigenvalue weighted by Gasteiger charge is 2.20. The average molecular weight is 252 g/mol. The summed E-state index contributed by atoms with van der Waals surface area (Å²) in [6.45, 7) is 0.446. The summed E-state index contributed by atoms with van der Waals surface area (Å²) in [6, 6.07) is 7.69. The zero-order valence-corrected chi connectivity index (χ0v) is 10.2. The van der Waals surface area contributed by atoms with E-state index >= 15 is 0 Å². The smallest absolute Gasteiger partial charge is 0.168 e. The average Bonchev–Trinajstić information content (AvgIpc) is 2.46.